The highest BCUT2D eigenvalue weighted by atomic mass is 16.6. The molecule has 2 unspecified atom stereocenters. The predicted octanol–water partition coefficient (Wildman–Crippen LogP) is 6.35. The van der Waals surface area contributed by atoms with Crippen LogP contribution in [0.2, 0.25) is 0 Å². The van der Waals surface area contributed by atoms with E-state index in [1.165, 1.54) is 43.5 Å². The summed E-state index contributed by atoms with van der Waals surface area (Å²) in [5.74, 6) is 0.405. The van der Waals surface area contributed by atoms with E-state index in [2.05, 4.69) is 0 Å². The molecule has 202 valence electrons. The Labute approximate surface area is 237 Å². The topological polar surface area (TPSA) is 85.1 Å². The minimum Gasteiger partial charge on any atom is -0.497 e. The predicted molar refractivity (Wildman–Crippen MR) is 152 cm³/mol. The third-order valence-electron chi connectivity index (χ3n) is 6.08. The van der Waals surface area contributed by atoms with Gasteiger partial charge in [0.2, 0.25) is 0 Å². The molecule has 4 aromatic carbocycles. The first-order chi connectivity index (χ1) is 21.3. The van der Waals surface area contributed by atoms with Crippen molar-refractivity contribution >= 4 is 5.69 Å². The Bertz CT molecular complexity index is 1570. The lowest BCUT2D eigenvalue weighted by molar-refractivity contribution is -0.386. The molecule has 0 aliphatic heterocycles. The molecule has 39 heavy (non-hydrogen) atoms. The van der Waals surface area contributed by atoms with Crippen molar-refractivity contribution in [3.63, 3.8) is 0 Å². The van der Waals surface area contributed by atoms with Gasteiger partial charge in [-0.3, -0.25) is 15.0 Å². The molecule has 4 rings (SSSR count). The lowest BCUT2D eigenvalue weighted by Gasteiger charge is -2.31. The van der Waals surface area contributed by atoms with Gasteiger partial charge in [-0.15, -0.1) is 0 Å². The van der Waals surface area contributed by atoms with E-state index in [4.69, 9.17) is 16.3 Å². The molecule has 0 bridgehead atoms. The lowest BCUT2D eigenvalue weighted by Crippen LogP contribution is -2.37. The molecule has 7 nitrogen and oxygen atoms in total. The first kappa shape index (κ1) is 20.7. The van der Waals surface area contributed by atoms with Gasteiger partial charge in [-0.1, -0.05) is 78.9 Å². The maximum absolute atomic E-state index is 12.0. The summed E-state index contributed by atoms with van der Waals surface area (Å²) < 4.78 is 63.5. The molecule has 0 saturated heterocycles. The van der Waals surface area contributed by atoms with E-state index in [0.717, 1.165) is 16.5 Å². The van der Waals surface area contributed by atoms with Gasteiger partial charge < -0.3 is 14.6 Å². The Morgan fingerprint density at radius 3 is 2.26 bits per heavy atom. The van der Waals surface area contributed by atoms with Gasteiger partial charge in [-0.05, 0) is 53.7 Å². The molecular formula is C32H34N2O5. The van der Waals surface area contributed by atoms with Gasteiger partial charge in [0.15, 0.2) is 5.75 Å². The van der Waals surface area contributed by atoms with Crippen LogP contribution >= 0.6 is 0 Å². The molecule has 1 N–H and O–H groups in total. The molecule has 0 amide bonds. The van der Waals surface area contributed by atoms with E-state index in [1.54, 1.807) is 30.3 Å². The summed E-state index contributed by atoms with van der Waals surface area (Å²) in [5.41, 5.74) is 0.975. The first-order valence-corrected chi connectivity index (χ1v) is 12.3. The number of hydrogen-bond acceptors (Lipinski definition) is 6. The van der Waals surface area contributed by atoms with Crippen molar-refractivity contribution in [1.29, 1.82) is 0 Å². The van der Waals surface area contributed by atoms with Crippen LogP contribution in [0.4, 0.5) is 5.69 Å². The fourth-order valence-electron chi connectivity index (χ4n) is 3.98. The maximum atomic E-state index is 12.0. The smallest absolute Gasteiger partial charge is 0.311 e. The van der Waals surface area contributed by atoms with E-state index in [-0.39, 0.29) is 30.0 Å². The van der Waals surface area contributed by atoms with Gasteiger partial charge in [0.05, 0.1) is 18.1 Å². The highest BCUT2D eigenvalue weighted by Crippen LogP contribution is 2.32. The zero-order chi connectivity index (χ0) is 32.8. The second-order valence-corrected chi connectivity index (χ2v) is 8.84. The molecule has 0 radical (unpaired) electrons. The number of nitro benzene ring substituents is 1. The molecule has 0 fully saturated rings. The average Bonchev–Trinajstić information content (AvgIpc) is 3.03. The summed E-state index contributed by atoms with van der Waals surface area (Å²) in [4.78, 5) is 12.4. The standard InChI is InChI=1S/C32H34N2O5/c1-24(19-25-13-16-29(38-2)17-14-25)33(21-26-9-5-3-6-10-26)22-31(35)28-15-18-32(30(20-28)34(36)37)39-23-27-11-7-4-8-12-27/h3-18,20,24,31,35H,19,21-23H2,1-2H3/i1D3,19D2,24D. The van der Waals surface area contributed by atoms with Crippen LogP contribution < -0.4 is 9.47 Å². The Kier molecular flexibility index (Phi) is 7.20. The number of aliphatic hydroxyl groups is 1. The van der Waals surface area contributed by atoms with Crippen LogP contribution in [0.25, 0.3) is 0 Å². The zero-order valence-electron chi connectivity index (χ0n) is 27.5. The molecule has 7 heteroatoms. The molecule has 4 aromatic rings. The number of nitrogens with zero attached hydrogens (tertiary/aromatic N) is 2. The molecule has 0 aliphatic carbocycles. The van der Waals surface area contributed by atoms with Gasteiger partial charge in [0.1, 0.15) is 12.4 Å². The molecule has 0 saturated carbocycles. The summed E-state index contributed by atoms with van der Waals surface area (Å²) in [6, 6.07) is 24.4. The number of rotatable bonds is 13. The quantitative estimate of drug-likeness (QED) is 0.160. The van der Waals surface area contributed by atoms with Crippen molar-refractivity contribution in [2.24, 2.45) is 0 Å². The van der Waals surface area contributed by atoms with Crippen molar-refractivity contribution in [2.45, 2.75) is 38.5 Å². The van der Waals surface area contributed by atoms with E-state index >= 15 is 0 Å². The van der Waals surface area contributed by atoms with Crippen LogP contribution in [0, 0.1) is 10.1 Å². The highest BCUT2D eigenvalue weighted by Gasteiger charge is 2.23. The van der Waals surface area contributed by atoms with Crippen LogP contribution in [-0.2, 0) is 19.5 Å². The van der Waals surface area contributed by atoms with E-state index in [9.17, 15) is 16.6 Å². The second-order valence-electron chi connectivity index (χ2n) is 8.84. The Hall–Kier alpha value is -4.20. The molecular weight excluding hydrogens is 492 g/mol. The summed E-state index contributed by atoms with van der Waals surface area (Å²) in [5, 5.41) is 23.4. The molecule has 0 heterocycles. The van der Waals surface area contributed by atoms with Crippen molar-refractivity contribution in [3.05, 3.63) is 135 Å². The van der Waals surface area contributed by atoms with Gasteiger partial charge in [0.25, 0.3) is 0 Å². The third kappa shape index (κ3) is 7.89. The van der Waals surface area contributed by atoms with Crippen molar-refractivity contribution in [1.82, 2.24) is 4.90 Å². The Morgan fingerprint density at radius 2 is 1.64 bits per heavy atom. The minimum atomic E-state index is -3.22. The van der Waals surface area contributed by atoms with Gasteiger partial charge in [0, 0.05) is 33.4 Å². The number of hydrogen-bond donors (Lipinski definition) is 1. The highest BCUT2D eigenvalue weighted by molar-refractivity contribution is 5.49. The van der Waals surface area contributed by atoms with Crippen molar-refractivity contribution in [2.75, 3.05) is 13.7 Å². The average molecular weight is 533 g/mol. The number of aliphatic hydroxyl groups excluding tert-OH is 1. The monoisotopic (exact) mass is 532 g/mol. The second kappa shape index (κ2) is 13.6. The van der Waals surface area contributed by atoms with Crippen LogP contribution in [0.5, 0.6) is 11.5 Å². The van der Waals surface area contributed by atoms with Gasteiger partial charge in [-0.25, -0.2) is 0 Å². The van der Waals surface area contributed by atoms with E-state index in [0.29, 0.717) is 11.3 Å². The van der Waals surface area contributed by atoms with Crippen molar-refractivity contribution < 1.29 is 27.7 Å². The molecule has 0 aromatic heterocycles. The zero-order valence-corrected chi connectivity index (χ0v) is 21.5. The number of benzene rings is 4. The lowest BCUT2D eigenvalue weighted by atomic mass is 10.0. The van der Waals surface area contributed by atoms with Crippen molar-refractivity contribution in [3.8, 4) is 11.5 Å². The van der Waals surface area contributed by atoms with E-state index < -0.39 is 42.5 Å². The number of ether oxygens (including phenoxy) is 2. The van der Waals surface area contributed by atoms with Crippen LogP contribution in [0.1, 0.15) is 43.4 Å². The summed E-state index contributed by atoms with van der Waals surface area (Å²) in [6.07, 6.45) is -4.32. The summed E-state index contributed by atoms with van der Waals surface area (Å²) >= 11 is 0. The Balaban J connectivity index is 1.72. The van der Waals surface area contributed by atoms with Crippen LogP contribution in [0.3, 0.4) is 0 Å². The SMILES string of the molecule is [2H]C([2H])([2H])C([2H])(N(Cc1ccccc1)CC(O)c1ccc(OCc2ccccc2)c([N+](=O)[O-])c1)C([2H])([2H])c1ccc(OC)cc1. The molecule has 0 spiro atoms. The van der Waals surface area contributed by atoms with E-state index in [1.807, 2.05) is 30.3 Å². The third-order valence-corrected chi connectivity index (χ3v) is 6.08. The first-order valence-electron chi connectivity index (χ1n) is 15.3. The fourth-order valence-corrected chi connectivity index (χ4v) is 3.98. The van der Waals surface area contributed by atoms with Gasteiger partial charge >= 0.3 is 5.69 Å². The summed E-state index contributed by atoms with van der Waals surface area (Å²) in [6.45, 7) is -3.88. The molecule has 0 aliphatic rings. The van der Waals surface area contributed by atoms with Gasteiger partial charge in [-0.2, -0.15) is 0 Å². The summed E-state index contributed by atoms with van der Waals surface area (Å²) in [7, 11) is 1.44. The molecule has 2 atom stereocenters. The maximum Gasteiger partial charge on any atom is 0.311 e. The van der Waals surface area contributed by atoms with Crippen LogP contribution in [0.15, 0.2) is 103 Å². The Morgan fingerprint density at radius 1 is 0.974 bits per heavy atom. The number of methoxy groups -OCH3 is 1. The minimum absolute atomic E-state index is 0.0193. The fraction of sp³-hybridized carbons (Fsp3) is 0.250. The largest absolute Gasteiger partial charge is 0.497 e. The number of nitro groups is 1. The van der Waals surface area contributed by atoms with Crippen LogP contribution in [-0.4, -0.2) is 34.6 Å². The normalized spacial score (nSPS) is 16.4.